The molecule has 0 bridgehead atoms. The maximum atomic E-state index is 12.0. The molecule has 2 amide bonds. The van der Waals surface area contributed by atoms with Gasteiger partial charge in [0, 0.05) is 30.5 Å². The number of nitrogens with zero attached hydrogens (tertiary/aromatic N) is 2. The number of aromatic nitrogens is 2. The smallest absolute Gasteiger partial charge is 0.315 e. The first-order chi connectivity index (χ1) is 12.0. The zero-order valence-electron chi connectivity index (χ0n) is 14.6. The van der Waals surface area contributed by atoms with Gasteiger partial charge in [-0.15, -0.1) is 0 Å². The molecule has 0 saturated heterocycles. The molecule has 0 spiro atoms. The quantitative estimate of drug-likeness (QED) is 0.668. The number of urea groups is 1. The van der Waals surface area contributed by atoms with E-state index in [0.29, 0.717) is 23.6 Å². The molecule has 0 unspecified atom stereocenters. The summed E-state index contributed by atoms with van der Waals surface area (Å²) in [5, 5.41) is 19.9. The number of methoxy groups -OCH3 is 2. The minimum Gasteiger partial charge on any atom is -0.497 e. The number of amides is 2. The van der Waals surface area contributed by atoms with Crippen LogP contribution in [-0.4, -0.2) is 47.7 Å². The number of aliphatic hydroxyl groups excluding tert-OH is 1. The van der Waals surface area contributed by atoms with E-state index in [0.717, 1.165) is 0 Å². The van der Waals surface area contributed by atoms with Crippen LogP contribution in [0.3, 0.4) is 0 Å². The number of hydrogen-bond donors (Lipinski definition) is 3. The average Bonchev–Trinajstić information content (AvgIpc) is 3.11. The van der Waals surface area contributed by atoms with E-state index < -0.39 is 6.10 Å². The Labute approximate surface area is 146 Å². The molecule has 1 aromatic heterocycles. The van der Waals surface area contributed by atoms with Crippen LogP contribution in [-0.2, 0) is 6.54 Å². The molecule has 0 radical (unpaired) electrons. The lowest BCUT2D eigenvalue weighted by atomic mass is 10.1. The van der Waals surface area contributed by atoms with Gasteiger partial charge in [0.25, 0.3) is 0 Å². The molecule has 1 aromatic carbocycles. The van der Waals surface area contributed by atoms with Gasteiger partial charge in [-0.05, 0) is 31.2 Å². The minimum atomic E-state index is -0.919. The van der Waals surface area contributed by atoms with Crippen molar-refractivity contribution < 1.29 is 19.4 Å². The van der Waals surface area contributed by atoms with Crippen LogP contribution in [0, 0.1) is 0 Å². The van der Waals surface area contributed by atoms with Crippen molar-refractivity contribution >= 4 is 6.03 Å². The third-order valence-corrected chi connectivity index (χ3v) is 3.65. The summed E-state index contributed by atoms with van der Waals surface area (Å²) in [6.07, 6.45) is 2.59. The summed E-state index contributed by atoms with van der Waals surface area (Å²) in [4.78, 5) is 12.0. The molecule has 2 aromatic rings. The predicted octanol–water partition coefficient (Wildman–Crippen LogP) is 1.32. The van der Waals surface area contributed by atoms with Gasteiger partial charge in [-0.25, -0.2) is 4.79 Å². The lowest BCUT2D eigenvalue weighted by Crippen LogP contribution is -2.43. The molecule has 1 heterocycles. The monoisotopic (exact) mass is 348 g/mol. The van der Waals surface area contributed by atoms with Gasteiger partial charge in [-0.3, -0.25) is 4.68 Å². The summed E-state index contributed by atoms with van der Waals surface area (Å²) >= 11 is 0. The summed E-state index contributed by atoms with van der Waals surface area (Å²) in [6.45, 7) is 2.49. The first-order valence-electron chi connectivity index (χ1n) is 7.95. The van der Waals surface area contributed by atoms with Gasteiger partial charge in [-0.1, -0.05) is 0 Å². The number of hydrogen-bond acceptors (Lipinski definition) is 5. The Balaban J connectivity index is 1.86. The third-order valence-electron chi connectivity index (χ3n) is 3.65. The van der Waals surface area contributed by atoms with Crippen LogP contribution in [0.2, 0.25) is 0 Å². The second kappa shape index (κ2) is 8.93. The third kappa shape index (κ3) is 5.39. The fourth-order valence-electron chi connectivity index (χ4n) is 2.41. The molecule has 2 rings (SSSR count). The van der Waals surface area contributed by atoms with Gasteiger partial charge in [0.05, 0.1) is 20.8 Å². The maximum absolute atomic E-state index is 12.0. The summed E-state index contributed by atoms with van der Waals surface area (Å²) < 4.78 is 12.1. The summed E-state index contributed by atoms with van der Waals surface area (Å²) in [7, 11) is 3.07. The zero-order chi connectivity index (χ0) is 18.2. The van der Waals surface area contributed by atoms with Crippen LogP contribution in [0.15, 0.2) is 36.7 Å². The van der Waals surface area contributed by atoms with Crippen LogP contribution in [0.5, 0.6) is 11.5 Å². The molecular formula is C17H24N4O4. The molecule has 0 aliphatic carbocycles. The van der Waals surface area contributed by atoms with Crippen LogP contribution in [0.25, 0.3) is 0 Å². The topological polar surface area (TPSA) is 97.6 Å². The number of benzene rings is 1. The SMILES string of the molecule is COc1ccc(OC)c([C@@H](O)CNC(=O)N[C@H](C)Cn2cccn2)c1. The van der Waals surface area contributed by atoms with E-state index in [1.165, 1.54) is 7.11 Å². The lowest BCUT2D eigenvalue weighted by Gasteiger charge is -2.18. The Morgan fingerprint density at radius 2 is 2.16 bits per heavy atom. The molecule has 0 aliphatic rings. The van der Waals surface area contributed by atoms with E-state index in [4.69, 9.17) is 9.47 Å². The van der Waals surface area contributed by atoms with Crippen LogP contribution in [0.4, 0.5) is 4.79 Å². The van der Waals surface area contributed by atoms with E-state index in [9.17, 15) is 9.90 Å². The Hall–Kier alpha value is -2.74. The molecule has 3 N–H and O–H groups in total. The molecule has 8 heteroatoms. The number of rotatable bonds is 8. The maximum Gasteiger partial charge on any atom is 0.315 e. The first kappa shape index (κ1) is 18.6. The number of nitrogens with one attached hydrogen (secondary N) is 2. The molecule has 0 fully saturated rings. The largest absolute Gasteiger partial charge is 0.497 e. The molecular weight excluding hydrogens is 324 g/mol. The molecule has 8 nitrogen and oxygen atoms in total. The van der Waals surface area contributed by atoms with Crippen molar-refractivity contribution in [3.05, 3.63) is 42.2 Å². The molecule has 136 valence electrons. The highest BCUT2D eigenvalue weighted by molar-refractivity contribution is 5.74. The highest BCUT2D eigenvalue weighted by atomic mass is 16.5. The molecule has 0 aliphatic heterocycles. The van der Waals surface area contributed by atoms with Crippen molar-refractivity contribution in [3.63, 3.8) is 0 Å². The minimum absolute atomic E-state index is 0.0455. The highest BCUT2D eigenvalue weighted by Gasteiger charge is 2.16. The predicted molar refractivity (Wildman–Crippen MR) is 92.7 cm³/mol. The number of carbonyl (C=O) groups is 1. The van der Waals surface area contributed by atoms with Crippen molar-refractivity contribution in [2.75, 3.05) is 20.8 Å². The van der Waals surface area contributed by atoms with E-state index in [1.54, 1.807) is 36.2 Å². The standard InChI is InChI=1S/C17H24N4O4/c1-12(11-21-8-4-7-19-21)20-17(23)18-10-15(22)14-9-13(24-2)5-6-16(14)25-3/h4-9,12,15,22H,10-11H2,1-3H3,(H2,18,20,23)/t12-,15+/m1/s1. The van der Waals surface area contributed by atoms with Crippen molar-refractivity contribution in [1.29, 1.82) is 0 Å². The van der Waals surface area contributed by atoms with Crippen molar-refractivity contribution in [2.24, 2.45) is 0 Å². The Morgan fingerprint density at radius 3 is 2.80 bits per heavy atom. The molecule has 2 atom stereocenters. The second-order valence-corrected chi connectivity index (χ2v) is 5.61. The Kier molecular flexibility index (Phi) is 6.64. The van der Waals surface area contributed by atoms with Crippen LogP contribution >= 0.6 is 0 Å². The van der Waals surface area contributed by atoms with E-state index in [2.05, 4.69) is 15.7 Å². The molecule has 25 heavy (non-hydrogen) atoms. The first-order valence-corrected chi connectivity index (χ1v) is 7.95. The number of aliphatic hydroxyl groups is 1. The lowest BCUT2D eigenvalue weighted by molar-refractivity contribution is 0.168. The van der Waals surface area contributed by atoms with Gasteiger partial charge >= 0.3 is 6.03 Å². The van der Waals surface area contributed by atoms with Crippen LogP contribution < -0.4 is 20.1 Å². The van der Waals surface area contributed by atoms with E-state index in [1.807, 2.05) is 19.2 Å². The van der Waals surface area contributed by atoms with Gasteiger partial charge in [-0.2, -0.15) is 5.10 Å². The normalized spacial score (nSPS) is 13.0. The second-order valence-electron chi connectivity index (χ2n) is 5.61. The summed E-state index contributed by atoms with van der Waals surface area (Å²) in [6, 6.07) is 6.49. The van der Waals surface area contributed by atoms with Crippen LogP contribution in [0.1, 0.15) is 18.6 Å². The zero-order valence-corrected chi connectivity index (χ0v) is 14.6. The van der Waals surface area contributed by atoms with Gasteiger partial charge in [0.1, 0.15) is 17.6 Å². The Morgan fingerprint density at radius 1 is 1.36 bits per heavy atom. The number of carbonyl (C=O) groups excluding carboxylic acids is 1. The van der Waals surface area contributed by atoms with Crippen molar-refractivity contribution in [2.45, 2.75) is 25.6 Å². The summed E-state index contributed by atoms with van der Waals surface area (Å²) in [5.74, 6) is 1.13. The fourth-order valence-corrected chi connectivity index (χ4v) is 2.41. The highest BCUT2D eigenvalue weighted by Crippen LogP contribution is 2.28. The van der Waals surface area contributed by atoms with Gasteiger partial charge < -0.3 is 25.2 Å². The van der Waals surface area contributed by atoms with Crippen molar-refractivity contribution in [3.8, 4) is 11.5 Å². The Bertz CT molecular complexity index is 675. The molecule has 0 saturated carbocycles. The fraction of sp³-hybridized carbons (Fsp3) is 0.412. The van der Waals surface area contributed by atoms with E-state index >= 15 is 0 Å². The van der Waals surface area contributed by atoms with Gasteiger partial charge in [0.15, 0.2) is 0 Å². The summed E-state index contributed by atoms with van der Waals surface area (Å²) in [5.41, 5.74) is 0.548. The van der Waals surface area contributed by atoms with E-state index in [-0.39, 0.29) is 18.6 Å². The van der Waals surface area contributed by atoms with Crippen molar-refractivity contribution in [1.82, 2.24) is 20.4 Å². The average molecular weight is 348 g/mol. The van der Waals surface area contributed by atoms with Gasteiger partial charge in [0.2, 0.25) is 0 Å². The number of ether oxygens (including phenoxy) is 2.